The average Bonchev–Trinajstić information content (AvgIpc) is 3.15. The summed E-state index contributed by atoms with van der Waals surface area (Å²) in [5.41, 5.74) is 0. The van der Waals surface area contributed by atoms with Gasteiger partial charge in [0.05, 0.1) is 6.61 Å². The lowest BCUT2D eigenvalue weighted by Gasteiger charge is -2.36. The number of amidine groups is 1. The van der Waals surface area contributed by atoms with Gasteiger partial charge in [-0.15, -0.1) is 0 Å². The smallest absolute Gasteiger partial charge is 0.325 e. The van der Waals surface area contributed by atoms with E-state index in [1.54, 1.807) is 7.05 Å². The first-order chi connectivity index (χ1) is 15.6. The number of urea groups is 1. The van der Waals surface area contributed by atoms with Gasteiger partial charge in [-0.3, -0.25) is 10.1 Å². The highest BCUT2D eigenvalue weighted by molar-refractivity contribution is 8.13. The normalized spacial score (nSPS) is 20.5. The number of hydrogen-bond acceptors (Lipinski definition) is 6. The number of likely N-dealkylation sites (N-methyl/N-ethyl adjacent to an activating group) is 1. The molecule has 0 spiro atoms. The van der Waals surface area contributed by atoms with Gasteiger partial charge in [-0.05, 0) is 6.42 Å². The van der Waals surface area contributed by atoms with E-state index in [1.165, 1.54) is 93.7 Å². The summed E-state index contributed by atoms with van der Waals surface area (Å²) >= 11 is 1.46. The number of rotatable bonds is 17. The number of amides is 3. The summed E-state index contributed by atoms with van der Waals surface area (Å²) in [6, 6.07) is -0.856. The standard InChI is InChI=1S/C24H44N4O3S/c1-3-4-5-6-7-8-9-10-11-12-13-14-15-16-17-28-20-21(25-24(28)32-19-18-29)27(2)23(31)26-22(20)30/h20-21,29H,3-19H2,1-2H3,(H,26,30,31). The maximum absolute atomic E-state index is 12.5. The van der Waals surface area contributed by atoms with Crippen molar-refractivity contribution in [1.29, 1.82) is 0 Å². The second-order valence-electron chi connectivity index (χ2n) is 9.04. The summed E-state index contributed by atoms with van der Waals surface area (Å²) in [5, 5.41) is 12.4. The van der Waals surface area contributed by atoms with E-state index < -0.39 is 18.2 Å². The molecule has 3 amide bonds. The van der Waals surface area contributed by atoms with Gasteiger partial charge in [0.25, 0.3) is 5.91 Å². The van der Waals surface area contributed by atoms with Crippen molar-refractivity contribution < 1.29 is 14.7 Å². The molecule has 2 aliphatic heterocycles. The number of nitrogens with zero attached hydrogens (tertiary/aromatic N) is 3. The van der Waals surface area contributed by atoms with E-state index in [0.29, 0.717) is 5.75 Å². The van der Waals surface area contributed by atoms with Gasteiger partial charge in [0.2, 0.25) is 0 Å². The van der Waals surface area contributed by atoms with Crippen LogP contribution in [0, 0.1) is 0 Å². The largest absolute Gasteiger partial charge is 0.396 e. The highest BCUT2D eigenvalue weighted by Crippen LogP contribution is 2.28. The van der Waals surface area contributed by atoms with Crippen molar-refractivity contribution in [3.63, 3.8) is 0 Å². The Labute approximate surface area is 198 Å². The fourth-order valence-electron chi connectivity index (χ4n) is 4.47. The van der Waals surface area contributed by atoms with Gasteiger partial charge in [-0.2, -0.15) is 0 Å². The molecular weight excluding hydrogens is 424 g/mol. The molecule has 0 saturated carbocycles. The predicted octanol–water partition coefficient (Wildman–Crippen LogP) is 4.74. The lowest BCUT2D eigenvalue weighted by molar-refractivity contribution is -0.127. The first-order valence-corrected chi connectivity index (χ1v) is 13.7. The Hall–Kier alpha value is -1.28. The molecule has 2 rings (SSSR count). The first-order valence-electron chi connectivity index (χ1n) is 12.8. The summed E-state index contributed by atoms with van der Waals surface area (Å²) in [5.74, 6) is 0.263. The number of aliphatic hydroxyl groups is 1. The summed E-state index contributed by atoms with van der Waals surface area (Å²) in [7, 11) is 1.67. The number of fused-ring (bicyclic) bond motifs is 1. The van der Waals surface area contributed by atoms with Gasteiger partial charge in [0, 0.05) is 19.3 Å². The van der Waals surface area contributed by atoms with Crippen LogP contribution in [0.5, 0.6) is 0 Å². The molecule has 0 bridgehead atoms. The summed E-state index contributed by atoms with van der Waals surface area (Å²) in [6.07, 6.45) is 17.9. The second kappa shape index (κ2) is 15.5. The van der Waals surface area contributed by atoms with Crippen LogP contribution >= 0.6 is 11.8 Å². The molecule has 0 aromatic heterocycles. The van der Waals surface area contributed by atoms with Gasteiger partial charge in [-0.1, -0.05) is 102 Å². The number of nitrogens with one attached hydrogen (secondary N) is 1. The second-order valence-corrected chi connectivity index (χ2v) is 10.1. The lowest BCUT2D eigenvalue weighted by atomic mass is 10.0. The average molecular weight is 469 g/mol. The molecule has 2 atom stereocenters. The Morgan fingerprint density at radius 2 is 1.44 bits per heavy atom. The molecule has 0 aromatic carbocycles. The predicted molar refractivity (Wildman–Crippen MR) is 133 cm³/mol. The molecule has 2 heterocycles. The number of carbonyl (C=O) groups is 2. The highest BCUT2D eigenvalue weighted by atomic mass is 32.2. The van der Waals surface area contributed by atoms with Crippen molar-refractivity contribution in [3.8, 4) is 0 Å². The topological polar surface area (TPSA) is 85.2 Å². The van der Waals surface area contributed by atoms with E-state index in [0.717, 1.165) is 24.6 Å². The van der Waals surface area contributed by atoms with Crippen LogP contribution in [-0.2, 0) is 4.79 Å². The maximum atomic E-state index is 12.5. The van der Waals surface area contributed by atoms with Crippen molar-refractivity contribution in [2.45, 2.75) is 109 Å². The lowest BCUT2D eigenvalue weighted by Crippen LogP contribution is -2.63. The minimum atomic E-state index is -0.468. The van der Waals surface area contributed by atoms with E-state index in [2.05, 4.69) is 17.2 Å². The van der Waals surface area contributed by atoms with Gasteiger partial charge in [0.15, 0.2) is 17.4 Å². The third kappa shape index (κ3) is 8.58. The molecule has 1 fully saturated rings. The Morgan fingerprint density at radius 1 is 0.906 bits per heavy atom. The quantitative estimate of drug-likeness (QED) is 0.301. The molecule has 7 nitrogen and oxygen atoms in total. The van der Waals surface area contributed by atoms with E-state index in [4.69, 9.17) is 0 Å². The van der Waals surface area contributed by atoms with Crippen molar-refractivity contribution >= 4 is 28.9 Å². The Morgan fingerprint density at radius 3 is 1.97 bits per heavy atom. The van der Waals surface area contributed by atoms with Crippen LogP contribution in [0.1, 0.15) is 96.8 Å². The van der Waals surface area contributed by atoms with Gasteiger partial charge < -0.3 is 14.9 Å². The molecular formula is C24H44N4O3S. The molecule has 2 N–H and O–H groups in total. The number of hydrogen-bond donors (Lipinski definition) is 2. The van der Waals surface area contributed by atoms with Crippen molar-refractivity contribution in [2.75, 3.05) is 26.0 Å². The van der Waals surface area contributed by atoms with Gasteiger partial charge in [0.1, 0.15) is 0 Å². The number of carbonyl (C=O) groups excluding carboxylic acids is 2. The Bertz CT molecular complexity index is 602. The van der Waals surface area contributed by atoms with E-state index in [-0.39, 0.29) is 12.5 Å². The maximum Gasteiger partial charge on any atom is 0.325 e. The molecule has 2 aliphatic rings. The minimum absolute atomic E-state index is 0.0622. The van der Waals surface area contributed by atoms with E-state index in [9.17, 15) is 14.7 Å². The number of aliphatic hydroxyl groups excluding tert-OH is 1. The molecule has 1 saturated heterocycles. The van der Waals surface area contributed by atoms with Crippen LogP contribution in [-0.4, -0.2) is 70.2 Å². The fourth-order valence-corrected chi connectivity index (χ4v) is 5.30. The number of aliphatic imine (C=N–C) groups is 1. The van der Waals surface area contributed by atoms with Gasteiger partial charge >= 0.3 is 6.03 Å². The summed E-state index contributed by atoms with van der Waals surface area (Å²) in [4.78, 5) is 32.6. The molecule has 32 heavy (non-hydrogen) atoms. The van der Waals surface area contributed by atoms with Crippen LogP contribution < -0.4 is 5.32 Å². The molecule has 0 aliphatic carbocycles. The molecule has 184 valence electrons. The third-order valence-electron chi connectivity index (χ3n) is 6.40. The number of thioether (sulfide) groups is 1. The Kier molecular flexibility index (Phi) is 13.1. The van der Waals surface area contributed by atoms with Crippen LogP contribution in [0.4, 0.5) is 4.79 Å². The molecule has 2 unspecified atom stereocenters. The van der Waals surface area contributed by atoms with Crippen LogP contribution in [0.3, 0.4) is 0 Å². The zero-order valence-corrected chi connectivity index (χ0v) is 21.0. The SMILES string of the molecule is CCCCCCCCCCCCCCCCN1C(SCCO)=NC2C1C(=O)NC(=O)N2C. The number of imide groups is 1. The van der Waals surface area contributed by atoms with Crippen molar-refractivity contribution in [1.82, 2.24) is 15.1 Å². The van der Waals surface area contributed by atoms with Crippen molar-refractivity contribution in [3.05, 3.63) is 0 Å². The van der Waals surface area contributed by atoms with Crippen LogP contribution in [0.25, 0.3) is 0 Å². The summed E-state index contributed by atoms with van der Waals surface area (Å²) in [6.45, 7) is 3.08. The van der Waals surface area contributed by atoms with Gasteiger partial charge in [-0.25, -0.2) is 9.79 Å². The van der Waals surface area contributed by atoms with E-state index in [1.807, 2.05) is 4.90 Å². The van der Waals surface area contributed by atoms with Crippen LogP contribution in [0.15, 0.2) is 4.99 Å². The first kappa shape index (κ1) is 27.0. The highest BCUT2D eigenvalue weighted by Gasteiger charge is 2.48. The zero-order chi connectivity index (χ0) is 23.2. The minimum Gasteiger partial charge on any atom is -0.396 e. The van der Waals surface area contributed by atoms with Crippen LogP contribution in [0.2, 0.25) is 0 Å². The molecule has 8 heteroatoms. The molecule has 0 aromatic rings. The van der Waals surface area contributed by atoms with E-state index >= 15 is 0 Å². The molecule has 0 radical (unpaired) electrons. The number of unbranched alkanes of at least 4 members (excludes halogenated alkanes) is 13. The summed E-state index contributed by atoms with van der Waals surface area (Å²) < 4.78 is 0. The third-order valence-corrected chi connectivity index (χ3v) is 7.38. The Balaban J connectivity index is 1.59. The monoisotopic (exact) mass is 468 g/mol. The zero-order valence-electron chi connectivity index (χ0n) is 20.2. The van der Waals surface area contributed by atoms with Crippen molar-refractivity contribution in [2.24, 2.45) is 4.99 Å². The fraction of sp³-hybridized carbons (Fsp3) is 0.875.